The van der Waals surface area contributed by atoms with Crippen LogP contribution in [0.1, 0.15) is 13.3 Å². The Hall–Kier alpha value is -0.650. The minimum Gasteiger partial charge on any atom is -0.457 e. The molecule has 1 saturated heterocycles. The molecular formula is C8H15NO4. The molecule has 1 heterocycles. The highest BCUT2D eigenvalue weighted by molar-refractivity contribution is 5.70. The molecule has 0 aliphatic carbocycles. The third-order valence-corrected chi connectivity index (χ3v) is 1.87. The van der Waals surface area contributed by atoms with Gasteiger partial charge in [0.2, 0.25) is 0 Å². The normalized spacial score (nSPS) is 21.8. The van der Waals surface area contributed by atoms with Crippen LogP contribution in [0.2, 0.25) is 0 Å². The van der Waals surface area contributed by atoms with Crippen molar-refractivity contribution in [1.29, 1.82) is 0 Å². The van der Waals surface area contributed by atoms with E-state index in [-0.39, 0.29) is 19.1 Å². The van der Waals surface area contributed by atoms with Gasteiger partial charge in [0, 0.05) is 6.54 Å². The second-order valence-electron chi connectivity index (χ2n) is 3.53. The van der Waals surface area contributed by atoms with E-state index >= 15 is 0 Å². The van der Waals surface area contributed by atoms with Crippen molar-refractivity contribution in [2.45, 2.75) is 25.0 Å². The fourth-order valence-electron chi connectivity index (χ4n) is 0.893. The molecule has 0 aromatic rings. The predicted molar refractivity (Wildman–Crippen MR) is 45.0 cm³/mol. The lowest BCUT2D eigenvalue weighted by Gasteiger charge is -2.27. The Morgan fingerprint density at radius 3 is 2.77 bits per heavy atom. The summed E-state index contributed by atoms with van der Waals surface area (Å²) >= 11 is 0. The van der Waals surface area contributed by atoms with E-state index < -0.39 is 11.6 Å². The third-order valence-electron chi connectivity index (χ3n) is 1.87. The van der Waals surface area contributed by atoms with Crippen molar-refractivity contribution in [2.24, 2.45) is 5.73 Å². The van der Waals surface area contributed by atoms with E-state index in [2.05, 4.69) is 0 Å². The van der Waals surface area contributed by atoms with Gasteiger partial charge in [-0.15, -0.1) is 0 Å². The Bertz CT molecular complexity index is 189. The van der Waals surface area contributed by atoms with Crippen LogP contribution in [0.4, 0.5) is 0 Å². The molecule has 1 aliphatic heterocycles. The van der Waals surface area contributed by atoms with E-state index in [1.165, 1.54) is 6.92 Å². The van der Waals surface area contributed by atoms with Crippen LogP contribution < -0.4 is 5.73 Å². The molecule has 1 rings (SSSR count). The maximum absolute atomic E-state index is 11.1. The average molecular weight is 189 g/mol. The van der Waals surface area contributed by atoms with Gasteiger partial charge in [-0.2, -0.15) is 0 Å². The number of esters is 1. The van der Waals surface area contributed by atoms with E-state index in [9.17, 15) is 9.90 Å². The molecule has 76 valence electrons. The molecule has 0 radical (unpaired) electrons. The van der Waals surface area contributed by atoms with Crippen LogP contribution in [0.25, 0.3) is 0 Å². The minimum absolute atomic E-state index is 0.0449. The average Bonchev–Trinajstić information content (AvgIpc) is 1.96. The Kier molecular flexibility index (Phi) is 3.24. The zero-order valence-electron chi connectivity index (χ0n) is 7.66. The summed E-state index contributed by atoms with van der Waals surface area (Å²) < 4.78 is 9.77. The fraction of sp³-hybridized carbons (Fsp3) is 0.875. The Balaban J connectivity index is 2.23. The molecule has 0 aromatic heterocycles. The van der Waals surface area contributed by atoms with Crippen LogP contribution in [0.5, 0.6) is 0 Å². The van der Waals surface area contributed by atoms with Gasteiger partial charge in [0.05, 0.1) is 25.2 Å². The van der Waals surface area contributed by atoms with Crippen LogP contribution in [-0.2, 0) is 14.3 Å². The maximum Gasteiger partial charge on any atom is 0.309 e. The second-order valence-corrected chi connectivity index (χ2v) is 3.53. The summed E-state index contributed by atoms with van der Waals surface area (Å²) in [4.78, 5) is 11.1. The largest absolute Gasteiger partial charge is 0.457 e. The molecular weight excluding hydrogens is 174 g/mol. The van der Waals surface area contributed by atoms with E-state index in [1.807, 2.05) is 0 Å². The molecule has 0 bridgehead atoms. The van der Waals surface area contributed by atoms with Crippen LogP contribution in [0.15, 0.2) is 0 Å². The Morgan fingerprint density at radius 2 is 2.38 bits per heavy atom. The first-order valence-corrected chi connectivity index (χ1v) is 4.23. The molecule has 13 heavy (non-hydrogen) atoms. The smallest absolute Gasteiger partial charge is 0.309 e. The summed E-state index contributed by atoms with van der Waals surface area (Å²) in [5, 5.41) is 9.44. The molecule has 5 nitrogen and oxygen atoms in total. The van der Waals surface area contributed by atoms with E-state index in [0.29, 0.717) is 13.2 Å². The molecule has 1 unspecified atom stereocenters. The number of carbonyl (C=O) groups excluding carboxylic acids is 1. The lowest BCUT2D eigenvalue weighted by atomic mass is 10.0. The number of ether oxygens (including phenoxy) is 2. The molecule has 1 atom stereocenters. The number of rotatable bonds is 4. The van der Waals surface area contributed by atoms with Gasteiger partial charge in [0.25, 0.3) is 0 Å². The first-order chi connectivity index (χ1) is 6.03. The SMILES string of the molecule is CC(O)(CN)CC(=O)OC1COC1. The molecule has 0 saturated carbocycles. The van der Waals surface area contributed by atoms with Gasteiger partial charge in [-0.3, -0.25) is 4.79 Å². The summed E-state index contributed by atoms with van der Waals surface area (Å²) in [5.41, 5.74) is 4.08. The van der Waals surface area contributed by atoms with Gasteiger partial charge in [-0.25, -0.2) is 0 Å². The quantitative estimate of drug-likeness (QED) is 0.556. The second kappa shape index (κ2) is 4.04. The van der Waals surface area contributed by atoms with Gasteiger partial charge >= 0.3 is 5.97 Å². The van der Waals surface area contributed by atoms with Crippen molar-refractivity contribution in [3.63, 3.8) is 0 Å². The highest BCUT2D eigenvalue weighted by Gasteiger charge is 2.28. The predicted octanol–water partition coefficient (Wildman–Crippen LogP) is -0.972. The maximum atomic E-state index is 11.1. The van der Waals surface area contributed by atoms with E-state index in [0.717, 1.165) is 0 Å². The summed E-state index contributed by atoms with van der Waals surface area (Å²) in [6.07, 6.45) is -0.207. The first-order valence-electron chi connectivity index (χ1n) is 4.23. The fourth-order valence-corrected chi connectivity index (χ4v) is 0.893. The third kappa shape index (κ3) is 3.30. The highest BCUT2D eigenvalue weighted by Crippen LogP contribution is 2.12. The number of hydrogen-bond acceptors (Lipinski definition) is 5. The summed E-state index contributed by atoms with van der Waals surface area (Å²) in [6.45, 7) is 2.46. The van der Waals surface area contributed by atoms with Gasteiger partial charge in [0.15, 0.2) is 0 Å². The first kappa shape index (κ1) is 10.4. The van der Waals surface area contributed by atoms with Gasteiger partial charge in [-0.05, 0) is 6.92 Å². The monoisotopic (exact) mass is 189 g/mol. The molecule has 0 aromatic carbocycles. The number of hydrogen-bond donors (Lipinski definition) is 2. The highest BCUT2D eigenvalue weighted by atomic mass is 16.6. The molecule has 1 fully saturated rings. The van der Waals surface area contributed by atoms with E-state index in [4.69, 9.17) is 15.2 Å². The van der Waals surface area contributed by atoms with Crippen molar-refractivity contribution in [3.05, 3.63) is 0 Å². The number of carbonyl (C=O) groups is 1. The van der Waals surface area contributed by atoms with Crippen LogP contribution in [-0.4, -0.2) is 42.5 Å². The lowest BCUT2D eigenvalue weighted by molar-refractivity contribution is -0.176. The van der Waals surface area contributed by atoms with Crippen molar-refractivity contribution in [3.8, 4) is 0 Å². The van der Waals surface area contributed by atoms with Gasteiger partial charge in [-0.1, -0.05) is 0 Å². The summed E-state index contributed by atoms with van der Waals surface area (Å²) in [6, 6.07) is 0. The summed E-state index contributed by atoms with van der Waals surface area (Å²) in [7, 11) is 0. The van der Waals surface area contributed by atoms with Crippen LogP contribution in [0, 0.1) is 0 Å². The van der Waals surface area contributed by atoms with Gasteiger partial charge < -0.3 is 20.3 Å². The standard InChI is InChI=1S/C8H15NO4/c1-8(11,5-9)2-7(10)13-6-3-12-4-6/h6,11H,2-5,9H2,1H3. The molecule has 0 spiro atoms. The number of aliphatic hydroxyl groups is 1. The lowest BCUT2D eigenvalue weighted by Crippen LogP contribution is -2.41. The van der Waals surface area contributed by atoms with Crippen LogP contribution in [0.3, 0.4) is 0 Å². The van der Waals surface area contributed by atoms with Crippen molar-refractivity contribution >= 4 is 5.97 Å². The zero-order chi connectivity index (χ0) is 9.90. The molecule has 1 aliphatic rings. The zero-order valence-corrected chi connectivity index (χ0v) is 7.66. The van der Waals surface area contributed by atoms with Crippen molar-refractivity contribution in [1.82, 2.24) is 0 Å². The van der Waals surface area contributed by atoms with Crippen molar-refractivity contribution < 1.29 is 19.4 Å². The number of nitrogens with two attached hydrogens (primary N) is 1. The van der Waals surface area contributed by atoms with Crippen molar-refractivity contribution in [2.75, 3.05) is 19.8 Å². The van der Waals surface area contributed by atoms with Crippen LogP contribution >= 0.6 is 0 Å². The topological polar surface area (TPSA) is 81.8 Å². The molecule has 5 heteroatoms. The summed E-state index contributed by atoms with van der Waals surface area (Å²) in [5.74, 6) is -0.427. The van der Waals surface area contributed by atoms with E-state index in [1.54, 1.807) is 0 Å². The Morgan fingerprint density at radius 1 is 1.77 bits per heavy atom. The molecule has 0 amide bonds. The van der Waals surface area contributed by atoms with Gasteiger partial charge in [0.1, 0.15) is 6.10 Å². The minimum atomic E-state index is -1.16. The molecule has 3 N–H and O–H groups in total. The Labute approximate surface area is 76.8 Å².